The SMILES string of the molecule is CCS(=O)(=O)Nc1ccc(N2CCC3(CC2)OCCO3)nn1. The summed E-state index contributed by atoms with van der Waals surface area (Å²) in [4.78, 5) is 2.10. The van der Waals surface area contributed by atoms with Crippen LogP contribution in [0.5, 0.6) is 0 Å². The highest BCUT2D eigenvalue weighted by atomic mass is 32.2. The first-order valence-corrected chi connectivity index (χ1v) is 9.04. The monoisotopic (exact) mass is 328 g/mol. The summed E-state index contributed by atoms with van der Waals surface area (Å²) in [5, 5.41) is 8.03. The number of sulfonamides is 1. The van der Waals surface area contributed by atoms with Gasteiger partial charge in [-0.25, -0.2) is 8.42 Å². The van der Waals surface area contributed by atoms with Crippen LogP contribution in [-0.4, -0.2) is 56.5 Å². The van der Waals surface area contributed by atoms with Gasteiger partial charge in [0.25, 0.3) is 0 Å². The molecule has 0 atom stereocenters. The first kappa shape index (κ1) is 15.4. The number of aromatic nitrogens is 2. The van der Waals surface area contributed by atoms with Crippen LogP contribution in [0.4, 0.5) is 11.6 Å². The third-order valence-corrected chi connectivity index (χ3v) is 5.23. The van der Waals surface area contributed by atoms with E-state index in [4.69, 9.17) is 9.47 Å². The summed E-state index contributed by atoms with van der Waals surface area (Å²) in [7, 11) is -3.32. The average Bonchev–Trinajstić information content (AvgIpc) is 2.97. The minimum Gasteiger partial charge on any atom is -0.355 e. The van der Waals surface area contributed by atoms with Gasteiger partial charge in [0.15, 0.2) is 17.4 Å². The van der Waals surface area contributed by atoms with Crippen LogP contribution in [-0.2, 0) is 19.5 Å². The lowest BCUT2D eigenvalue weighted by molar-refractivity contribution is -0.169. The van der Waals surface area contributed by atoms with Crippen molar-refractivity contribution in [3.05, 3.63) is 12.1 Å². The Morgan fingerprint density at radius 3 is 2.45 bits per heavy atom. The molecule has 22 heavy (non-hydrogen) atoms. The molecule has 0 unspecified atom stereocenters. The summed E-state index contributed by atoms with van der Waals surface area (Å²) in [6, 6.07) is 3.40. The quantitative estimate of drug-likeness (QED) is 0.864. The van der Waals surface area contributed by atoms with Crippen LogP contribution in [0, 0.1) is 0 Å². The summed E-state index contributed by atoms with van der Waals surface area (Å²) in [5.41, 5.74) is 0. The third kappa shape index (κ3) is 3.31. The molecule has 0 radical (unpaired) electrons. The summed E-state index contributed by atoms with van der Waals surface area (Å²) in [5.74, 6) is 0.555. The van der Waals surface area contributed by atoms with Gasteiger partial charge in [0, 0.05) is 25.9 Å². The van der Waals surface area contributed by atoms with Gasteiger partial charge in [0.2, 0.25) is 10.0 Å². The highest BCUT2D eigenvalue weighted by Gasteiger charge is 2.40. The van der Waals surface area contributed by atoms with Gasteiger partial charge in [0.1, 0.15) is 0 Å². The number of ether oxygens (including phenoxy) is 2. The Hall–Kier alpha value is -1.45. The molecule has 122 valence electrons. The van der Waals surface area contributed by atoms with Crippen LogP contribution in [0.15, 0.2) is 12.1 Å². The zero-order valence-corrected chi connectivity index (χ0v) is 13.3. The number of rotatable bonds is 4. The predicted molar refractivity (Wildman–Crippen MR) is 81.2 cm³/mol. The predicted octanol–water partition coefficient (Wildman–Crippen LogP) is 0.581. The van der Waals surface area contributed by atoms with Gasteiger partial charge in [0.05, 0.1) is 19.0 Å². The van der Waals surface area contributed by atoms with Crippen molar-refractivity contribution in [2.75, 3.05) is 41.7 Å². The molecule has 2 aliphatic heterocycles. The molecule has 1 spiro atoms. The van der Waals surface area contributed by atoms with Crippen molar-refractivity contribution in [1.29, 1.82) is 0 Å². The molecule has 3 heterocycles. The van der Waals surface area contributed by atoms with E-state index in [2.05, 4.69) is 19.8 Å². The number of hydrogen-bond acceptors (Lipinski definition) is 7. The highest BCUT2D eigenvalue weighted by Crippen LogP contribution is 2.32. The highest BCUT2D eigenvalue weighted by molar-refractivity contribution is 7.92. The first-order chi connectivity index (χ1) is 10.5. The molecule has 1 aromatic rings. The van der Waals surface area contributed by atoms with Crippen molar-refractivity contribution in [2.45, 2.75) is 25.6 Å². The largest absolute Gasteiger partial charge is 0.355 e. The number of anilines is 2. The molecule has 9 heteroatoms. The van der Waals surface area contributed by atoms with E-state index in [0.717, 1.165) is 31.7 Å². The maximum absolute atomic E-state index is 11.5. The van der Waals surface area contributed by atoms with Crippen molar-refractivity contribution in [3.8, 4) is 0 Å². The van der Waals surface area contributed by atoms with E-state index in [0.29, 0.717) is 13.2 Å². The number of nitrogens with one attached hydrogen (secondary N) is 1. The van der Waals surface area contributed by atoms with E-state index in [1.165, 1.54) is 0 Å². The third-order valence-electron chi connectivity index (χ3n) is 3.95. The number of piperidine rings is 1. The summed E-state index contributed by atoms with van der Waals surface area (Å²) < 4.78 is 36.7. The molecule has 3 rings (SSSR count). The fraction of sp³-hybridized carbons (Fsp3) is 0.692. The second-order valence-electron chi connectivity index (χ2n) is 5.38. The Kier molecular flexibility index (Phi) is 4.20. The van der Waals surface area contributed by atoms with Gasteiger partial charge in [-0.1, -0.05) is 0 Å². The zero-order valence-electron chi connectivity index (χ0n) is 12.5. The van der Waals surface area contributed by atoms with Crippen molar-refractivity contribution in [3.63, 3.8) is 0 Å². The van der Waals surface area contributed by atoms with Crippen molar-refractivity contribution >= 4 is 21.7 Å². The average molecular weight is 328 g/mol. The fourth-order valence-electron chi connectivity index (χ4n) is 2.64. The van der Waals surface area contributed by atoms with Crippen molar-refractivity contribution < 1.29 is 17.9 Å². The molecule has 2 saturated heterocycles. The molecule has 0 bridgehead atoms. The van der Waals surface area contributed by atoms with E-state index in [1.807, 2.05) is 0 Å². The summed E-state index contributed by atoms with van der Waals surface area (Å²) >= 11 is 0. The van der Waals surface area contributed by atoms with Gasteiger partial charge < -0.3 is 14.4 Å². The lowest BCUT2D eigenvalue weighted by atomic mass is 10.0. The van der Waals surface area contributed by atoms with Crippen LogP contribution >= 0.6 is 0 Å². The van der Waals surface area contributed by atoms with Crippen LogP contribution in [0.2, 0.25) is 0 Å². The number of nitrogens with zero attached hydrogens (tertiary/aromatic N) is 3. The molecule has 8 nitrogen and oxygen atoms in total. The van der Waals surface area contributed by atoms with E-state index in [-0.39, 0.29) is 11.6 Å². The zero-order chi connectivity index (χ0) is 15.6. The van der Waals surface area contributed by atoms with E-state index < -0.39 is 15.8 Å². The van der Waals surface area contributed by atoms with Gasteiger partial charge in [-0.3, -0.25) is 4.72 Å². The lowest BCUT2D eigenvalue weighted by Crippen LogP contribution is -2.45. The maximum atomic E-state index is 11.5. The van der Waals surface area contributed by atoms with Gasteiger partial charge in [-0.15, -0.1) is 10.2 Å². The Morgan fingerprint density at radius 1 is 1.23 bits per heavy atom. The smallest absolute Gasteiger partial charge is 0.233 e. The molecule has 2 fully saturated rings. The summed E-state index contributed by atoms with van der Waals surface area (Å²) in [6.07, 6.45) is 1.58. The van der Waals surface area contributed by atoms with E-state index in [1.54, 1.807) is 19.1 Å². The second-order valence-corrected chi connectivity index (χ2v) is 7.39. The van der Waals surface area contributed by atoms with Crippen LogP contribution < -0.4 is 9.62 Å². The van der Waals surface area contributed by atoms with E-state index in [9.17, 15) is 8.42 Å². The van der Waals surface area contributed by atoms with Crippen LogP contribution in [0.1, 0.15) is 19.8 Å². The van der Waals surface area contributed by atoms with Crippen LogP contribution in [0.25, 0.3) is 0 Å². The minimum absolute atomic E-state index is 0.00460. The Morgan fingerprint density at radius 2 is 1.91 bits per heavy atom. The molecule has 0 aromatic carbocycles. The number of hydrogen-bond donors (Lipinski definition) is 1. The minimum atomic E-state index is -3.32. The normalized spacial score (nSPS) is 21.2. The van der Waals surface area contributed by atoms with E-state index >= 15 is 0 Å². The molecular formula is C13H20N4O4S. The molecular weight excluding hydrogens is 308 g/mol. The molecule has 2 aliphatic rings. The Bertz CT molecular complexity index is 603. The van der Waals surface area contributed by atoms with Gasteiger partial charge in [-0.2, -0.15) is 0 Å². The fourth-order valence-corrected chi connectivity index (χ4v) is 3.21. The standard InChI is InChI=1S/C13H20N4O4S/c1-2-22(18,19)16-11-3-4-12(15-14-11)17-7-5-13(6-8-17)20-9-10-21-13/h3-4H,2,5-10H2,1H3,(H,14,16). The molecule has 0 amide bonds. The van der Waals surface area contributed by atoms with Crippen LogP contribution in [0.3, 0.4) is 0 Å². The molecule has 0 aliphatic carbocycles. The lowest BCUT2D eigenvalue weighted by Gasteiger charge is -2.37. The maximum Gasteiger partial charge on any atom is 0.233 e. The summed E-state index contributed by atoms with van der Waals surface area (Å²) in [6.45, 7) is 4.43. The topological polar surface area (TPSA) is 93.7 Å². The molecule has 1 N–H and O–H groups in total. The van der Waals surface area contributed by atoms with Crippen molar-refractivity contribution in [2.24, 2.45) is 0 Å². The molecule has 1 aromatic heterocycles. The Labute approximate surface area is 129 Å². The van der Waals surface area contributed by atoms with Gasteiger partial charge >= 0.3 is 0 Å². The van der Waals surface area contributed by atoms with Crippen molar-refractivity contribution in [1.82, 2.24) is 10.2 Å². The van der Waals surface area contributed by atoms with Gasteiger partial charge in [-0.05, 0) is 19.1 Å². The Balaban J connectivity index is 1.62. The second kappa shape index (κ2) is 5.98. The first-order valence-electron chi connectivity index (χ1n) is 7.39. The molecule has 0 saturated carbocycles.